The van der Waals surface area contributed by atoms with Gasteiger partial charge in [0.25, 0.3) is 0 Å². The summed E-state index contributed by atoms with van der Waals surface area (Å²) >= 11 is 0. The van der Waals surface area contributed by atoms with Crippen molar-refractivity contribution in [3.63, 3.8) is 0 Å². The molecule has 0 saturated carbocycles. The quantitative estimate of drug-likeness (QED) is 0.510. The molecule has 0 aliphatic rings. The molecule has 0 spiro atoms. The van der Waals surface area contributed by atoms with E-state index < -0.39 is 5.91 Å². The van der Waals surface area contributed by atoms with Crippen molar-refractivity contribution in [2.24, 2.45) is 5.73 Å². The van der Waals surface area contributed by atoms with E-state index in [-0.39, 0.29) is 0 Å². The van der Waals surface area contributed by atoms with Crippen molar-refractivity contribution in [1.82, 2.24) is 0 Å². The average molecular weight is 115 g/mol. The van der Waals surface area contributed by atoms with Gasteiger partial charge in [-0.05, 0) is 6.08 Å². The number of rotatable bonds is 1. The SMILES string of the molecule is C=CC(N)=O.CCC. The second kappa shape index (κ2) is 9.51. The molecule has 1 amide bonds. The number of nitrogens with two attached hydrogens (primary N) is 1. The van der Waals surface area contributed by atoms with E-state index in [2.05, 4.69) is 26.2 Å². The lowest BCUT2D eigenvalue weighted by Crippen LogP contribution is -2.04. The van der Waals surface area contributed by atoms with Crippen LogP contribution < -0.4 is 5.73 Å². The van der Waals surface area contributed by atoms with Gasteiger partial charge in [-0.25, -0.2) is 0 Å². The number of amides is 1. The van der Waals surface area contributed by atoms with Crippen LogP contribution in [0.2, 0.25) is 0 Å². The maximum absolute atomic E-state index is 9.47. The van der Waals surface area contributed by atoms with Gasteiger partial charge < -0.3 is 5.73 Å². The van der Waals surface area contributed by atoms with E-state index in [9.17, 15) is 4.79 Å². The van der Waals surface area contributed by atoms with Gasteiger partial charge in [-0.1, -0.05) is 26.8 Å². The number of primary amides is 1. The van der Waals surface area contributed by atoms with Crippen LogP contribution in [0, 0.1) is 0 Å². The van der Waals surface area contributed by atoms with Crippen molar-refractivity contribution in [2.75, 3.05) is 0 Å². The minimum atomic E-state index is -0.481. The summed E-state index contributed by atoms with van der Waals surface area (Å²) in [7, 11) is 0. The van der Waals surface area contributed by atoms with Crippen LogP contribution in [-0.4, -0.2) is 5.91 Å². The Morgan fingerprint density at radius 2 is 1.88 bits per heavy atom. The van der Waals surface area contributed by atoms with Crippen molar-refractivity contribution in [2.45, 2.75) is 20.3 Å². The number of carbonyl (C=O) groups is 1. The van der Waals surface area contributed by atoms with Crippen molar-refractivity contribution < 1.29 is 4.79 Å². The van der Waals surface area contributed by atoms with Crippen LogP contribution in [0.3, 0.4) is 0 Å². The fourth-order valence-corrected chi connectivity index (χ4v) is 0. The first kappa shape index (κ1) is 10.2. The Balaban J connectivity index is 0. The van der Waals surface area contributed by atoms with Gasteiger partial charge in [0.1, 0.15) is 0 Å². The first-order valence-corrected chi connectivity index (χ1v) is 2.60. The summed E-state index contributed by atoms with van der Waals surface area (Å²) in [6, 6.07) is 0. The third-order valence-corrected chi connectivity index (χ3v) is 0.201. The van der Waals surface area contributed by atoms with Gasteiger partial charge in [-0.3, -0.25) is 4.79 Å². The lowest BCUT2D eigenvalue weighted by atomic mass is 10.6. The molecule has 0 atom stereocenters. The molecular formula is C6H13NO. The largest absolute Gasteiger partial charge is 0.366 e. The van der Waals surface area contributed by atoms with Crippen molar-refractivity contribution >= 4 is 5.91 Å². The van der Waals surface area contributed by atoms with Gasteiger partial charge in [0.2, 0.25) is 5.91 Å². The van der Waals surface area contributed by atoms with Crippen LogP contribution in [0.5, 0.6) is 0 Å². The van der Waals surface area contributed by atoms with Gasteiger partial charge in [0.05, 0.1) is 0 Å². The Labute approximate surface area is 50.4 Å². The summed E-state index contributed by atoms with van der Waals surface area (Å²) in [4.78, 5) is 9.47. The monoisotopic (exact) mass is 115 g/mol. The van der Waals surface area contributed by atoms with E-state index in [1.807, 2.05) is 0 Å². The topological polar surface area (TPSA) is 43.1 Å². The molecular weight excluding hydrogens is 102 g/mol. The average Bonchev–Trinajstić information content (AvgIpc) is 1.69. The molecule has 2 N–H and O–H groups in total. The third-order valence-electron chi connectivity index (χ3n) is 0.201. The molecule has 8 heavy (non-hydrogen) atoms. The predicted octanol–water partition coefficient (Wildman–Crippen LogP) is 1.07. The summed E-state index contributed by atoms with van der Waals surface area (Å²) in [5.41, 5.74) is 4.53. The van der Waals surface area contributed by atoms with E-state index in [4.69, 9.17) is 0 Å². The van der Waals surface area contributed by atoms with Crippen LogP contribution in [0.4, 0.5) is 0 Å². The first-order chi connectivity index (χ1) is 3.68. The summed E-state index contributed by atoms with van der Waals surface area (Å²) < 4.78 is 0. The maximum Gasteiger partial charge on any atom is 0.240 e. The van der Waals surface area contributed by atoms with Gasteiger partial charge in [0, 0.05) is 0 Å². The smallest absolute Gasteiger partial charge is 0.240 e. The van der Waals surface area contributed by atoms with Crippen molar-refractivity contribution in [1.29, 1.82) is 0 Å². The fourth-order valence-electron chi connectivity index (χ4n) is 0. The third kappa shape index (κ3) is 63.1. The number of hydrogen-bond acceptors (Lipinski definition) is 1. The van der Waals surface area contributed by atoms with Crippen LogP contribution >= 0.6 is 0 Å². The summed E-state index contributed by atoms with van der Waals surface area (Å²) in [5.74, 6) is -0.481. The maximum atomic E-state index is 9.47. The van der Waals surface area contributed by atoms with Gasteiger partial charge in [-0.2, -0.15) is 0 Å². The van der Waals surface area contributed by atoms with Gasteiger partial charge in [-0.15, -0.1) is 0 Å². The summed E-state index contributed by atoms with van der Waals surface area (Å²) in [6.45, 7) is 7.34. The molecule has 0 aliphatic carbocycles. The highest BCUT2D eigenvalue weighted by molar-refractivity contribution is 5.84. The second-order valence-corrected chi connectivity index (χ2v) is 1.31. The van der Waals surface area contributed by atoms with Gasteiger partial charge in [0.15, 0.2) is 0 Å². The highest BCUT2D eigenvalue weighted by atomic mass is 16.1. The van der Waals surface area contributed by atoms with E-state index in [1.54, 1.807) is 0 Å². The van der Waals surface area contributed by atoms with E-state index in [1.165, 1.54) is 6.42 Å². The van der Waals surface area contributed by atoms with E-state index in [0.29, 0.717) is 0 Å². The Morgan fingerprint density at radius 1 is 1.75 bits per heavy atom. The van der Waals surface area contributed by atoms with Crippen LogP contribution in [-0.2, 0) is 4.79 Å². The Morgan fingerprint density at radius 3 is 1.88 bits per heavy atom. The van der Waals surface area contributed by atoms with Gasteiger partial charge >= 0.3 is 0 Å². The molecule has 0 aromatic rings. The molecule has 0 saturated heterocycles. The summed E-state index contributed by atoms with van der Waals surface area (Å²) in [6.07, 6.45) is 2.31. The van der Waals surface area contributed by atoms with Crippen molar-refractivity contribution in [3.8, 4) is 0 Å². The zero-order chi connectivity index (χ0) is 6.99. The van der Waals surface area contributed by atoms with Crippen LogP contribution in [0.25, 0.3) is 0 Å². The molecule has 0 rings (SSSR count). The lowest BCUT2D eigenvalue weighted by molar-refractivity contribution is -0.113. The van der Waals surface area contributed by atoms with E-state index >= 15 is 0 Å². The highest BCUT2D eigenvalue weighted by Crippen LogP contribution is 1.56. The molecule has 0 bridgehead atoms. The molecule has 0 aromatic carbocycles. The molecule has 0 aliphatic heterocycles. The van der Waals surface area contributed by atoms with Crippen molar-refractivity contribution in [3.05, 3.63) is 12.7 Å². The minimum absolute atomic E-state index is 0.481. The number of hydrogen-bond donors (Lipinski definition) is 1. The lowest BCUT2D eigenvalue weighted by Gasteiger charge is -1.65. The normalized spacial score (nSPS) is 6.25. The molecule has 2 nitrogen and oxygen atoms in total. The molecule has 0 aromatic heterocycles. The van der Waals surface area contributed by atoms with Crippen LogP contribution in [0.15, 0.2) is 12.7 Å². The molecule has 0 heterocycles. The Kier molecular flexibility index (Phi) is 12.2. The standard InChI is InChI=1S/C3H5NO.C3H8/c1-2-3(4)5;1-3-2/h2H,1H2,(H2,4,5);3H2,1-2H3. The first-order valence-electron chi connectivity index (χ1n) is 2.60. The minimum Gasteiger partial charge on any atom is -0.366 e. The summed E-state index contributed by atoms with van der Waals surface area (Å²) in [5, 5.41) is 0. The predicted molar refractivity (Wildman–Crippen MR) is 35.4 cm³/mol. The molecule has 0 radical (unpaired) electrons. The molecule has 0 unspecified atom stereocenters. The second-order valence-electron chi connectivity index (χ2n) is 1.31. The zero-order valence-corrected chi connectivity index (χ0v) is 5.48. The molecule has 0 fully saturated rings. The van der Waals surface area contributed by atoms with E-state index in [0.717, 1.165) is 6.08 Å². The highest BCUT2D eigenvalue weighted by Gasteiger charge is 1.69. The Hall–Kier alpha value is -0.790. The van der Waals surface area contributed by atoms with Crippen LogP contribution in [0.1, 0.15) is 20.3 Å². The molecule has 2 heteroatoms. The zero-order valence-electron chi connectivity index (χ0n) is 5.48. The number of carbonyl (C=O) groups excluding carboxylic acids is 1. The fraction of sp³-hybridized carbons (Fsp3) is 0.500. The Bertz CT molecular complexity index is 68.9. The molecule has 48 valence electrons.